The second kappa shape index (κ2) is 5.89. The van der Waals surface area contributed by atoms with E-state index in [0.29, 0.717) is 10.8 Å². The van der Waals surface area contributed by atoms with Crippen molar-refractivity contribution >= 4 is 0 Å². The summed E-state index contributed by atoms with van der Waals surface area (Å²) in [6, 6.07) is 0. The number of hydrogen-bond acceptors (Lipinski definition) is 0. The highest BCUT2D eigenvalue weighted by atomic mass is 14.5. The minimum Gasteiger partial charge on any atom is -0.0620 e. The highest BCUT2D eigenvalue weighted by Crippen LogP contribution is 2.58. The molecule has 0 spiro atoms. The number of hydrogen-bond donors (Lipinski definition) is 0. The lowest BCUT2D eigenvalue weighted by atomic mass is 9.51. The Labute approximate surface area is 133 Å². The average molecular weight is 291 g/mol. The predicted octanol–water partition coefficient (Wildman–Crippen LogP) is 6.84. The molecule has 0 heterocycles. The van der Waals surface area contributed by atoms with Crippen LogP contribution in [0, 0.1) is 34.5 Å². The largest absolute Gasteiger partial charge is 0.0620 e. The van der Waals surface area contributed by atoms with E-state index in [4.69, 9.17) is 0 Å². The van der Waals surface area contributed by atoms with Crippen molar-refractivity contribution in [3.8, 4) is 0 Å². The summed E-state index contributed by atoms with van der Waals surface area (Å²) in [7, 11) is 0. The third kappa shape index (κ3) is 2.93. The molecule has 0 saturated heterocycles. The molecule has 0 bridgehead atoms. The van der Waals surface area contributed by atoms with Crippen LogP contribution in [0.4, 0.5) is 0 Å². The molecule has 3 rings (SSSR count). The lowest BCUT2D eigenvalue weighted by Crippen LogP contribution is -2.45. The molecule has 0 heteroatoms. The van der Waals surface area contributed by atoms with E-state index in [1.807, 2.05) is 0 Å². The Hall–Kier alpha value is 0. The van der Waals surface area contributed by atoms with Crippen LogP contribution < -0.4 is 0 Å². The summed E-state index contributed by atoms with van der Waals surface area (Å²) < 4.78 is 0. The zero-order valence-electron chi connectivity index (χ0n) is 15.1. The normalized spacial score (nSPS) is 47.4. The van der Waals surface area contributed by atoms with Gasteiger partial charge in [-0.15, -0.1) is 0 Å². The van der Waals surface area contributed by atoms with Crippen molar-refractivity contribution in [2.45, 2.75) is 98.3 Å². The van der Waals surface area contributed by atoms with Crippen LogP contribution in [0.3, 0.4) is 0 Å². The van der Waals surface area contributed by atoms with Gasteiger partial charge in [0.25, 0.3) is 0 Å². The second-order valence-electron chi connectivity index (χ2n) is 9.75. The molecule has 3 aliphatic rings. The molecule has 3 fully saturated rings. The fraction of sp³-hybridized carbons (Fsp3) is 1.00. The molecule has 3 aliphatic carbocycles. The van der Waals surface area contributed by atoms with Crippen LogP contribution in [0.25, 0.3) is 0 Å². The van der Waals surface area contributed by atoms with Crippen LogP contribution in [-0.2, 0) is 0 Å². The van der Waals surface area contributed by atoms with Gasteiger partial charge in [0.15, 0.2) is 0 Å². The average Bonchev–Trinajstić information content (AvgIpc) is 2.49. The first kappa shape index (κ1) is 15.9. The van der Waals surface area contributed by atoms with E-state index in [0.717, 1.165) is 23.7 Å². The summed E-state index contributed by atoms with van der Waals surface area (Å²) >= 11 is 0. The third-order valence-electron chi connectivity index (χ3n) is 8.40. The molecular weight excluding hydrogens is 252 g/mol. The van der Waals surface area contributed by atoms with Gasteiger partial charge in [0, 0.05) is 0 Å². The van der Waals surface area contributed by atoms with Gasteiger partial charge in [0.05, 0.1) is 0 Å². The fourth-order valence-corrected chi connectivity index (χ4v) is 6.31. The standard InChI is InChI=1S/C21H38/c1-16-8-7-9-17-11-12-18-10-5-6-14-21(18,4)19(17)13-15-20(16,2)3/h16-19H,5-15H2,1-4H3. The van der Waals surface area contributed by atoms with Crippen LogP contribution in [0.2, 0.25) is 0 Å². The van der Waals surface area contributed by atoms with Gasteiger partial charge in [-0.3, -0.25) is 0 Å². The maximum absolute atomic E-state index is 2.70. The Kier molecular flexibility index (Phi) is 4.46. The van der Waals surface area contributed by atoms with Crippen molar-refractivity contribution < 1.29 is 0 Å². The zero-order chi connectivity index (χ0) is 15.1. The van der Waals surface area contributed by atoms with Gasteiger partial charge in [-0.1, -0.05) is 59.8 Å². The number of fused-ring (bicyclic) bond motifs is 3. The summed E-state index contributed by atoms with van der Waals surface area (Å²) in [5, 5.41) is 0. The lowest BCUT2D eigenvalue weighted by Gasteiger charge is -2.54. The highest BCUT2D eigenvalue weighted by molar-refractivity contribution is 4.99. The van der Waals surface area contributed by atoms with Crippen LogP contribution in [0.15, 0.2) is 0 Å². The van der Waals surface area contributed by atoms with Crippen LogP contribution >= 0.6 is 0 Å². The molecule has 0 aromatic carbocycles. The van der Waals surface area contributed by atoms with E-state index in [9.17, 15) is 0 Å². The zero-order valence-corrected chi connectivity index (χ0v) is 15.1. The molecule has 122 valence electrons. The fourth-order valence-electron chi connectivity index (χ4n) is 6.31. The van der Waals surface area contributed by atoms with Crippen molar-refractivity contribution in [2.75, 3.05) is 0 Å². The Bertz CT molecular complexity index is 355. The molecule has 0 nitrogen and oxygen atoms in total. The van der Waals surface area contributed by atoms with E-state index in [1.54, 1.807) is 19.3 Å². The monoisotopic (exact) mass is 290 g/mol. The second-order valence-corrected chi connectivity index (χ2v) is 9.75. The van der Waals surface area contributed by atoms with Gasteiger partial charge in [-0.25, -0.2) is 0 Å². The summed E-state index contributed by atoms with van der Waals surface area (Å²) in [4.78, 5) is 0. The number of rotatable bonds is 0. The summed E-state index contributed by atoms with van der Waals surface area (Å²) in [6.45, 7) is 10.3. The molecule has 0 aromatic heterocycles. The van der Waals surface area contributed by atoms with Gasteiger partial charge in [0.2, 0.25) is 0 Å². The molecule has 0 aliphatic heterocycles. The lowest BCUT2D eigenvalue weighted by molar-refractivity contribution is -0.0450. The molecule has 0 radical (unpaired) electrons. The van der Waals surface area contributed by atoms with Gasteiger partial charge >= 0.3 is 0 Å². The van der Waals surface area contributed by atoms with Gasteiger partial charge in [0.1, 0.15) is 0 Å². The van der Waals surface area contributed by atoms with E-state index >= 15 is 0 Å². The minimum absolute atomic E-state index is 0.562. The topological polar surface area (TPSA) is 0 Å². The maximum Gasteiger partial charge on any atom is -0.0267 e. The minimum atomic E-state index is 0.562. The Morgan fingerprint density at radius 2 is 1.52 bits per heavy atom. The van der Waals surface area contributed by atoms with E-state index in [1.165, 1.54) is 51.4 Å². The van der Waals surface area contributed by atoms with Crippen LogP contribution in [0.1, 0.15) is 98.3 Å². The maximum atomic E-state index is 2.70. The van der Waals surface area contributed by atoms with E-state index in [-0.39, 0.29) is 0 Å². The Balaban J connectivity index is 1.82. The predicted molar refractivity (Wildman–Crippen MR) is 92.3 cm³/mol. The summed E-state index contributed by atoms with van der Waals surface area (Å²) in [6.07, 6.45) is 16.7. The first-order chi connectivity index (χ1) is 9.93. The van der Waals surface area contributed by atoms with Gasteiger partial charge in [-0.2, -0.15) is 0 Å². The van der Waals surface area contributed by atoms with Gasteiger partial charge in [-0.05, 0) is 73.0 Å². The Morgan fingerprint density at radius 3 is 2.33 bits per heavy atom. The Morgan fingerprint density at radius 1 is 0.714 bits per heavy atom. The molecule has 5 unspecified atom stereocenters. The molecule has 21 heavy (non-hydrogen) atoms. The molecule has 3 saturated carbocycles. The molecule has 0 N–H and O–H groups in total. The van der Waals surface area contributed by atoms with Crippen molar-refractivity contribution in [3.05, 3.63) is 0 Å². The summed E-state index contributed by atoms with van der Waals surface area (Å²) in [5.74, 6) is 4.08. The quantitative estimate of drug-likeness (QED) is 0.458. The van der Waals surface area contributed by atoms with Crippen molar-refractivity contribution in [3.63, 3.8) is 0 Å². The van der Waals surface area contributed by atoms with Crippen molar-refractivity contribution in [1.29, 1.82) is 0 Å². The summed E-state index contributed by atoms with van der Waals surface area (Å²) in [5.41, 5.74) is 1.26. The van der Waals surface area contributed by atoms with E-state index < -0.39 is 0 Å². The smallest absolute Gasteiger partial charge is 0.0267 e. The van der Waals surface area contributed by atoms with Crippen LogP contribution in [-0.4, -0.2) is 0 Å². The third-order valence-corrected chi connectivity index (χ3v) is 8.40. The molecular formula is C21H38. The van der Waals surface area contributed by atoms with E-state index in [2.05, 4.69) is 27.7 Å². The highest BCUT2D eigenvalue weighted by Gasteiger charge is 2.49. The molecule has 0 amide bonds. The first-order valence-corrected chi connectivity index (χ1v) is 9.93. The van der Waals surface area contributed by atoms with Gasteiger partial charge < -0.3 is 0 Å². The van der Waals surface area contributed by atoms with Crippen LogP contribution in [0.5, 0.6) is 0 Å². The van der Waals surface area contributed by atoms with Crippen molar-refractivity contribution in [1.82, 2.24) is 0 Å². The molecule has 0 aromatic rings. The molecule has 5 atom stereocenters. The van der Waals surface area contributed by atoms with Crippen molar-refractivity contribution in [2.24, 2.45) is 34.5 Å². The SMILES string of the molecule is CC1CCCC2CCC3CCCCC3(C)C2CCC1(C)C. The first-order valence-electron chi connectivity index (χ1n) is 9.93.